The Bertz CT molecular complexity index is 1060. The molecule has 1 heterocycles. The molecule has 0 spiro atoms. The number of amides is 3. The van der Waals surface area contributed by atoms with E-state index in [1.54, 1.807) is 0 Å². The number of carbonyl (C=O) groups is 3. The molecule has 0 unspecified atom stereocenters. The van der Waals surface area contributed by atoms with E-state index in [4.69, 9.17) is 0 Å². The molecule has 2 atom stereocenters. The van der Waals surface area contributed by atoms with Crippen LogP contribution in [0.2, 0.25) is 0 Å². The van der Waals surface area contributed by atoms with Crippen molar-refractivity contribution in [2.45, 2.75) is 51.4 Å². The van der Waals surface area contributed by atoms with Crippen molar-refractivity contribution in [2.75, 3.05) is 13.1 Å². The van der Waals surface area contributed by atoms with Crippen molar-refractivity contribution in [1.82, 2.24) is 15.5 Å². The molecular weight excluding hydrogens is 478 g/mol. The van der Waals surface area contributed by atoms with Crippen LogP contribution in [0.25, 0.3) is 0 Å². The number of hydrogen-bond donors (Lipinski definition) is 2. The maximum absolute atomic E-state index is 13.2. The van der Waals surface area contributed by atoms with E-state index in [2.05, 4.69) is 10.6 Å². The van der Waals surface area contributed by atoms with Gasteiger partial charge in [-0.25, -0.2) is 4.39 Å². The van der Waals surface area contributed by atoms with E-state index in [0.717, 1.165) is 36.4 Å². The summed E-state index contributed by atoms with van der Waals surface area (Å²) in [6.45, 7) is 4.33. The summed E-state index contributed by atoms with van der Waals surface area (Å²) in [6.07, 6.45) is -2.96. The van der Waals surface area contributed by atoms with Gasteiger partial charge in [0.15, 0.2) is 0 Å². The van der Waals surface area contributed by atoms with E-state index in [1.165, 1.54) is 17.0 Å². The third-order valence-corrected chi connectivity index (χ3v) is 6.43. The van der Waals surface area contributed by atoms with Gasteiger partial charge in [0, 0.05) is 30.3 Å². The first-order valence-electron chi connectivity index (χ1n) is 11.8. The van der Waals surface area contributed by atoms with Gasteiger partial charge < -0.3 is 15.5 Å². The lowest BCUT2D eigenvalue weighted by Gasteiger charge is -2.36. The minimum Gasteiger partial charge on any atom is -0.352 e. The van der Waals surface area contributed by atoms with Gasteiger partial charge in [0.05, 0.1) is 5.56 Å². The van der Waals surface area contributed by atoms with Crippen molar-refractivity contribution < 1.29 is 31.9 Å². The second-order valence-corrected chi connectivity index (χ2v) is 8.98. The van der Waals surface area contributed by atoms with Gasteiger partial charge >= 0.3 is 6.18 Å². The molecule has 0 radical (unpaired) electrons. The molecule has 6 nitrogen and oxygen atoms in total. The molecule has 1 saturated heterocycles. The topological polar surface area (TPSA) is 78.5 Å². The fourth-order valence-corrected chi connectivity index (χ4v) is 4.08. The highest BCUT2D eigenvalue weighted by Crippen LogP contribution is 2.29. The average molecular weight is 508 g/mol. The van der Waals surface area contributed by atoms with Crippen LogP contribution in [-0.4, -0.2) is 47.8 Å². The van der Waals surface area contributed by atoms with Crippen LogP contribution in [0.1, 0.15) is 59.4 Å². The van der Waals surface area contributed by atoms with E-state index in [1.807, 2.05) is 13.8 Å². The molecule has 2 aromatic carbocycles. The molecule has 1 aliphatic rings. The monoisotopic (exact) mass is 507 g/mol. The summed E-state index contributed by atoms with van der Waals surface area (Å²) >= 11 is 0. The normalized spacial score (nSPS) is 16.2. The molecule has 0 aliphatic carbocycles. The summed E-state index contributed by atoms with van der Waals surface area (Å²) < 4.78 is 51.6. The number of alkyl halides is 3. The lowest BCUT2D eigenvalue weighted by Crippen LogP contribution is -2.55. The number of carbonyl (C=O) groups excluding carboxylic acids is 3. The lowest BCUT2D eigenvalue weighted by atomic mass is 9.88. The van der Waals surface area contributed by atoms with Gasteiger partial charge in [0.1, 0.15) is 11.9 Å². The van der Waals surface area contributed by atoms with Crippen LogP contribution in [0.5, 0.6) is 0 Å². The van der Waals surface area contributed by atoms with Gasteiger partial charge in [-0.15, -0.1) is 0 Å². The molecule has 10 heteroatoms. The molecule has 36 heavy (non-hydrogen) atoms. The molecule has 3 rings (SSSR count). The van der Waals surface area contributed by atoms with Crippen molar-refractivity contribution in [3.63, 3.8) is 0 Å². The van der Waals surface area contributed by atoms with E-state index in [9.17, 15) is 31.9 Å². The Morgan fingerprint density at radius 1 is 0.944 bits per heavy atom. The summed E-state index contributed by atoms with van der Waals surface area (Å²) in [5.74, 6) is -1.99. The van der Waals surface area contributed by atoms with Crippen molar-refractivity contribution in [3.05, 3.63) is 71.0 Å². The molecule has 1 fully saturated rings. The highest BCUT2D eigenvalue weighted by Gasteiger charge is 2.35. The SMILES string of the molecule is CC[C@@H](C)NC(=O)[C@@H](NC(=O)c1ccc(F)cc1)C1CCN(C(=O)c2ccc(C(F)(F)F)cc2)CC1. The van der Waals surface area contributed by atoms with Gasteiger partial charge in [-0.05, 0) is 80.6 Å². The smallest absolute Gasteiger partial charge is 0.352 e. The lowest BCUT2D eigenvalue weighted by molar-refractivity contribution is -0.137. The third-order valence-electron chi connectivity index (χ3n) is 6.43. The minimum absolute atomic E-state index is 0.107. The Balaban J connectivity index is 1.68. The number of benzene rings is 2. The second kappa shape index (κ2) is 11.5. The zero-order valence-corrected chi connectivity index (χ0v) is 20.1. The van der Waals surface area contributed by atoms with Crippen LogP contribution in [0.15, 0.2) is 48.5 Å². The Labute approximate surface area is 207 Å². The van der Waals surface area contributed by atoms with Crippen molar-refractivity contribution in [1.29, 1.82) is 0 Å². The Kier molecular flexibility index (Phi) is 8.70. The average Bonchev–Trinajstić information content (AvgIpc) is 2.86. The molecule has 0 saturated carbocycles. The van der Waals surface area contributed by atoms with Gasteiger partial charge in [-0.2, -0.15) is 13.2 Å². The summed E-state index contributed by atoms with van der Waals surface area (Å²) in [6, 6.07) is 8.08. The summed E-state index contributed by atoms with van der Waals surface area (Å²) in [7, 11) is 0. The third kappa shape index (κ3) is 6.83. The minimum atomic E-state index is -4.48. The van der Waals surface area contributed by atoms with Crippen molar-refractivity contribution in [3.8, 4) is 0 Å². The molecule has 3 amide bonds. The highest BCUT2D eigenvalue weighted by molar-refractivity contribution is 5.97. The van der Waals surface area contributed by atoms with Gasteiger partial charge in [0.2, 0.25) is 5.91 Å². The summed E-state index contributed by atoms with van der Waals surface area (Å²) in [4.78, 5) is 40.1. The van der Waals surface area contributed by atoms with Crippen molar-refractivity contribution in [2.24, 2.45) is 5.92 Å². The number of rotatable bonds is 7. The van der Waals surface area contributed by atoms with Crippen LogP contribution in [0.4, 0.5) is 17.6 Å². The van der Waals surface area contributed by atoms with Crippen molar-refractivity contribution >= 4 is 17.7 Å². The first-order chi connectivity index (χ1) is 17.0. The van der Waals surface area contributed by atoms with Crippen LogP contribution in [-0.2, 0) is 11.0 Å². The standard InChI is InChI=1S/C26H29F4N3O3/c1-3-16(2)31-24(35)22(32-23(34)18-6-10-21(27)11-7-18)17-12-14-33(15-13-17)25(36)19-4-8-20(9-5-19)26(28,29)30/h4-11,16-17,22H,3,12-15H2,1-2H3,(H,31,35)(H,32,34)/t16-,22+/m1/s1. The molecule has 0 aromatic heterocycles. The van der Waals surface area contributed by atoms with Gasteiger partial charge in [-0.1, -0.05) is 6.92 Å². The summed E-state index contributed by atoms with van der Waals surface area (Å²) in [5.41, 5.74) is -0.463. The van der Waals surface area contributed by atoms with Gasteiger partial charge in [-0.3, -0.25) is 14.4 Å². The highest BCUT2D eigenvalue weighted by atomic mass is 19.4. The number of likely N-dealkylation sites (tertiary alicyclic amines) is 1. The van der Waals surface area contributed by atoms with E-state index < -0.39 is 35.4 Å². The van der Waals surface area contributed by atoms with Gasteiger partial charge in [0.25, 0.3) is 11.8 Å². The Morgan fingerprint density at radius 3 is 2.03 bits per heavy atom. The van der Waals surface area contributed by atoms with Crippen LogP contribution >= 0.6 is 0 Å². The predicted molar refractivity (Wildman–Crippen MR) is 126 cm³/mol. The van der Waals surface area contributed by atoms with Crippen LogP contribution < -0.4 is 10.6 Å². The first kappa shape index (κ1) is 27.2. The number of piperidine rings is 1. The number of halogens is 4. The number of nitrogens with one attached hydrogen (secondary N) is 2. The molecule has 0 bridgehead atoms. The largest absolute Gasteiger partial charge is 0.416 e. The second-order valence-electron chi connectivity index (χ2n) is 8.98. The zero-order chi connectivity index (χ0) is 26.5. The summed E-state index contributed by atoms with van der Waals surface area (Å²) in [5, 5.41) is 5.65. The number of nitrogens with zero attached hydrogens (tertiary/aromatic N) is 1. The first-order valence-corrected chi connectivity index (χ1v) is 11.8. The fraction of sp³-hybridized carbons (Fsp3) is 0.423. The maximum atomic E-state index is 13.2. The molecule has 2 aromatic rings. The van der Waals surface area contributed by atoms with Crippen LogP contribution in [0.3, 0.4) is 0 Å². The fourth-order valence-electron chi connectivity index (χ4n) is 4.08. The zero-order valence-electron chi connectivity index (χ0n) is 20.1. The maximum Gasteiger partial charge on any atom is 0.416 e. The quantitative estimate of drug-likeness (QED) is 0.545. The molecule has 2 N–H and O–H groups in total. The van der Waals surface area contributed by atoms with E-state index in [0.29, 0.717) is 19.3 Å². The molecular formula is C26H29F4N3O3. The van der Waals surface area contributed by atoms with E-state index in [-0.39, 0.29) is 42.1 Å². The number of hydrogen-bond acceptors (Lipinski definition) is 3. The molecule has 1 aliphatic heterocycles. The van der Waals surface area contributed by atoms with E-state index >= 15 is 0 Å². The Morgan fingerprint density at radius 2 is 1.50 bits per heavy atom. The predicted octanol–water partition coefficient (Wildman–Crippen LogP) is 4.41. The van der Waals surface area contributed by atoms with Crippen LogP contribution in [0, 0.1) is 11.7 Å². The molecule has 194 valence electrons. The Hall–Kier alpha value is -3.43.